The van der Waals surface area contributed by atoms with Crippen molar-refractivity contribution in [2.24, 2.45) is 5.41 Å². The molecule has 74 heavy (non-hydrogen) atoms. The van der Waals surface area contributed by atoms with Crippen LogP contribution in [-0.4, -0.2) is 107 Å². The first kappa shape index (κ1) is 54.9. The Morgan fingerprint density at radius 2 is 1.61 bits per heavy atom. The monoisotopic (exact) mass is 1060 g/mol. The lowest BCUT2D eigenvalue weighted by Crippen LogP contribution is -2.58. The normalized spacial score (nSPS) is 17.1. The van der Waals surface area contributed by atoms with Crippen molar-refractivity contribution in [2.45, 2.75) is 84.4 Å². The lowest BCUT2D eigenvalue weighted by molar-refractivity contribution is -0.144. The number of hydrogen-bond acceptors (Lipinski definition) is 12. The molecule has 21 heteroatoms. The van der Waals surface area contributed by atoms with Crippen LogP contribution in [0.2, 0.25) is 0 Å². The fourth-order valence-electron chi connectivity index (χ4n) is 8.65. The molecule has 4 amide bonds. The van der Waals surface area contributed by atoms with Gasteiger partial charge >= 0.3 is 6.18 Å². The molecule has 390 valence electrons. The zero-order valence-electron chi connectivity index (χ0n) is 41.4. The number of rotatable bonds is 18. The van der Waals surface area contributed by atoms with E-state index >= 15 is 4.39 Å². The number of hydrogen-bond donors (Lipinski definition) is 3. The third-order valence-electron chi connectivity index (χ3n) is 12.5. The lowest BCUT2D eigenvalue weighted by atomic mass is 9.85. The Labute approximate surface area is 435 Å². The molecule has 2 saturated heterocycles. The Balaban J connectivity index is 0.835. The van der Waals surface area contributed by atoms with Crippen molar-refractivity contribution in [3.05, 3.63) is 119 Å². The van der Waals surface area contributed by atoms with Gasteiger partial charge in [0.1, 0.15) is 42.4 Å². The quantitative estimate of drug-likeness (QED) is 0.0438. The number of thiocarbonyl (C=S) groups is 1. The van der Waals surface area contributed by atoms with Crippen molar-refractivity contribution in [3.8, 4) is 33.4 Å². The first-order valence-electron chi connectivity index (χ1n) is 23.5. The number of aryl methyl sites for hydroxylation is 1. The summed E-state index contributed by atoms with van der Waals surface area (Å²) in [6.07, 6.45) is -5.72. The van der Waals surface area contributed by atoms with Gasteiger partial charge in [0.15, 0.2) is 5.11 Å². The van der Waals surface area contributed by atoms with Gasteiger partial charge in [0.25, 0.3) is 5.91 Å². The highest BCUT2D eigenvalue weighted by molar-refractivity contribution is 7.81. The summed E-state index contributed by atoms with van der Waals surface area (Å²) < 4.78 is 74.0. The molecule has 3 heterocycles. The minimum Gasteiger partial charge on any atom is -0.491 e. The number of alkyl halides is 3. The third kappa shape index (κ3) is 12.4. The maximum atomic E-state index is 15.8. The molecule has 0 spiro atoms. The standard InChI is InChI=1S/C53H55F4N7O8S2/c1-31-45(74-30-60-31)34-9-7-32(8-10-34)27-59-47(67)43-25-38(65)28-62(43)48(68)46(51(2,3)4)61-44(66)29-71-20-19-70-21-22-72-39-16-12-33(13-17-39)40-18-15-37(24-42(40)54)64-50(73)63(49(69)52(64,5)6)36-14-11-35(26-58)41(23-36)53(55,56)57/h7-18,23-24,30,38,43,46,65H,19-22,25,27-29H2,1-6H3,(H,59,67)(H,61,66)/t38-,43+,46-/m1/s1. The fraction of sp³-hybridized carbons (Fsp3) is 0.377. The second kappa shape index (κ2) is 22.7. The van der Waals surface area contributed by atoms with Crippen molar-refractivity contribution in [1.82, 2.24) is 20.5 Å². The van der Waals surface area contributed by atoms with E-state index in [1.807, 2.05) is 31.2 Å². The molecule has 2 fully saturated rings. The van der Waals surface area contributed by atoms with E-state index in [1.165, 1.54) is 47.9 Å². The van der Waals surface area contributed by atoms with Crippen LogP contribution in [0, 0.1) is 29.5 Å². The molecule has 0 aliphatic carbocycles. The summed E-state index contributed by atoms with van der Waals surface area (Å²) in [5, 5.41) is 25.3. The summed E-state index contributed by atoms with van der Waals surface area (Å²) in [4.78, 5) is 63.1. The van der Waals surface area contributed by atoms with Gasteiger partial charge in [0.2, 0.25) is 17.7 Å². The molecule has 15 nitrogen and oxygen atoms in total. The number of anilines is 2. The molecule has 0 saturated carbocycles. The molecule has 3 atom stereocenters. The minimum absolute atomic E-state index is 0.0578. The summed E-state index contributed by atoms with van der Waals surface area (Å²) in [5.74, 6) is -2.26. The predicted molar refractivity (Wildman–Crippen MR) is 273 cm³/mol. The highest BCUT2D eigenvalue weighted by Crippen LogP contribution is 2.41. The number of benzene rings is 4. The molecule has 1 aromatic heterocycles. The van der Waals surface area contributed by atoms with Crippen LogP contribution in [0.15, 0.2) is 90.4 Å². The number of nitrogens with one attached hydrogen (secondary N) is 2. The van der Waals surface area contributed by atoms with Crippen LogP contribution in [0.3, 0.4) is 0 Å². The average molecular weight is 1060 g/mol. The highest BCUT2D eigenvalue weighted by atomic mass is 32.1. The number of nitrogens with zero attached hydrogens (tertiary/aromatic N) is 5. The van der Waals surface area contributed by atoms with Crippen LogP contribution in [0.4, 0.5) is 28.9 Å². The van der Waals surface area contributed by atoms with E-state index in [2.05, 4.69) is 15.6 Å². The molecule has 2 aliphatic rings. The molecule has 7 rings (SSSR count). The Hall–Kier alpha value is -6.83. The number of carbonyl (C=O) groups excluding carboxylic acids is 4. The third-order valence-corrected chi connectivity index (χ3v) is 13.9. The van der Waals surface area contributed by atoms with Gasteiger partial charge in [-0.1, -0.05) is 57.2 Å². The summed E-state index contributed by atoms with van der Waals surface area (Å²) in [6, 6.07) is 21.1. The van der Waals surface area contributed by atoms with Gasteiger partial charge in [-0.05, 0) is 104 Å². The zero-order chi connectivity index (χ0) is 53.7. The van der Waals surface area contributed by atoms with Crippen LogP contribution >= 0.6 is 23.6 Å². The Morgan fingerprint density at radius 3 is 2.24 bits per heavy atom. The Bertz CT molecular complexity index is 2940. The number of carbonyl (C=O) groups is 4. The van der Waals surface area contributed by atoms with Gasteiger partial charge in [0, 0.05) is 30.8 Å². The smallest absolute Gasteiger partial charge is 0.417 e. The van der Waals surface area contributed by atoms with Crippen molar-refractivity contribution in [1.29, 1.82) is 5.26 Å². The van der Waals surface area contributed by atoms with Crippen molar-refractivity contribution in [2.75, 3.05) is 49.4 Å². The van der Waals surface area contributed by atoms with E-state index in [1.54, 1.807) is 68.0 Å². The molecule has 0 bridgehead atoms. The van der Waals surface area contributed by atoms with Crippen LogP contribution in [0.5, 0.6) is 5.75 Å². The molecule has 0 unspecified atom stereocenters. The molecule has 2 aliphatic heterocycles. The number of β-amino-alcohol motifs (C(OH)–C–C–N with tert-alkyl or cyclic N) is 1. The second-order valence-electron chi connectivity index (χ2n) is 19.3. The number of aliphatic hydroxyl groups is 1. The Morgan fingerprint density at radius 1 is 0.946 bits per heavy atom. The SMILES string of the molecule is Cc1ncsc1-c1ccc(CNC(=O)[C@@H]2C[C@@H](O)CN2C(=O)[C@@H](NC(=O)COCCOCCOc2ccc(-c3ccc(N4C(=S)N(c5ccc(C#N)c(C(F)(F)F)c5)C(=O)C4(C)C)cc3F)cc2)C(C)(C)C)cc1. The van der Waals surface area contributed by atoms with E-state index in [9.17, 15) is 42.7 Å². The fourth-order valence-corrected chi connectivity index (χ4v) is 9.99. The van der Waals surface area contributed by atoms with Crippen LogP contribution < -0.4 is 25.2 Å². The number of aliphatic hydroxyl groups excluding tert-OH is 1. The topological polar surface area (TPSA) is 187 Å². The van der Waals surface area contributed by atoms with E-state index in [-0.39, 0.29) is 74.6 Å². The summed E-state index contributed by atoms with van der Waals surface area (Å²) in [7, 11) is 0. The number of aromatic nitrogens is 1. The lowest BCUT2D eigenvalue weighted by Gasteiger charge is -2.35. The summed E-state index contributed by atoms with van der Waals surface area (Å²) >= 11 is 7.14. The van der Waals surface area contributed by atoms with Crippen molar-refractivity contribution >= 4 is 63.7 Å². The number of halogens is 4. The van der Waals surface area contributed by atoms with Gasteiger partial charge in [-0.15, -0.1) is 11.3 Å². The van der Waals surface area contributed by atoms with E-state index < -0.39 is 75.9 Å². The van der Waals surface area contributed by atoms with Crippen molar-refractivity contribution in [3.63, 3.8) is 0 Å². The molecule has 4 aromatic carbocycles. The molecule has 0 radical (unpaired) electrons. The number of nitriles is 1. The molecule has 5 aromatic rings. The van der Waals surface area contributed by atoms with Gasteiger partial charge in [-0.3, -0.25) is 24.1 Å². The zero-order valence-corrected chi connectivity index (χ0v) is 43.1. The predicted octanol–water partition coefficient (Wildman–Crippen LogP) is 7.95. The number of ether oxygens (including phenoxy) is 3. The van der Waals surface area contributed by atoms with Gasteiger partial charge < -0.3 is 39.8 Å². The maximum absolute atomic E-state index is 15.8. The molecular formula is C53H55F4N7O8S2. The first-order chi connectivity index (χ1) is 35.0. The maximum Gasteiger partial charge on any atom is 0.417 e. The van der Waals surface area contributed by atoms with E-state index in [4.69, 9.17) is 26.4 Å². The van der Waals surface area contributed by atoms with Gasteiger partial charge in [-0.2, -0.15) is 18.4 Å². The second-order valence-corrected chi connectivity index (χ2v) is 20.5. The van der Waals surface area contributed by atoms with Gasteiger partial charge in [-0.25, -0.2) is 9.37 Å². The number of likely N-dealkylation sites (tertiary alicyclic amines) is 1. The summed E-state index contributed by atoms with van der Waals surface area (Å²) in [6.45, 7) is 10.7. The van der Waals surface area contributed by atoms with E-state index in [0.29, 0.717) is 17.4 Å². The average Bonchev–Trinajstić information content (AvgIpc) is 4.02. The van der Waals surface area contributed by atoms with E-state index in [0.717, 1.165) is 32.7 Å². The number of thiazole rings is 1. The molecule has 3 N–H and O–H groups in total. The van der Waals surface area contributed by atoms with Crippen LogP contribution in [0.25, 0.3) is 21.6 Å². The van der Waals surface area contributed by atoms with Crippen molar-refractivity contribution < 1.29 is 56.1 Å². The Kier molecular flexibility index (Phi) is 16.9. The number of amides is 4. The first-order valence-corrected chi connectivity index (χ1v) is 24.8. The highest BCUT2D eigenvalue weighted by Gasteiger charge is 2.51. The minimum atomic E-state index is -4.86. The molecular weight excluding hydrogens is 1000 g/mol. The van der Waals surface area contributed by atoms with Gasteiger partial charge in [0.05, 0.1) is 64.9 Å². The summed E-state index contributed by atoms with van der Waals surface area (Å²) in [5.41, 5.74) is 1.39. The van der Waals surface area contributed by atoms with Crippen LogP contribution in [0.1, 0.15) is 63.4 Å². The largest absolute Gasteiger partial charge is 0.491 e. The van der Waals surface area contributed by atoms with Crippen LogP contribution in [-0.2, 0) is 41.4 Å².